The average Bonchev–Trinajstić information content (AvgIpc) is 3.01. The fourth-order valence-electron chi connectivity index (χ4n) is 3.71. The Morgan fingerprint density at radius 2 is 1.90 bits per heavy atom. The lowest BCUT2D eigenvalue weighted by Crippen LogP contribution is -2.40. The molecule has 0 aromatic heterocycles. The first-order valence-corrected chi connectivity index (χ1v) is 8.20. The maximum absolute atomic E-state index is 5.45. The SMILES string of the molecule is CC(C)c1ccc(NC(=S)N[C@H]2C[C@@H]3CC[C@@H]2C3)cc1. The summed E-state index contributed by atoms with van der Waals surface area (Å²) in [7, 11) is 0. The van der Waals surface area contributed by atoms with Crippen LogP contribution in [0, 0.1) is 11.8 Å². The fraction of sp³-hybridized carbons (Fsp3) is 0.588. The minimum absolute atomic E-state index is 0.572. The smallest absolute Gasteiger partial charge is 0.171 e. The van der Waals surface area contributed by atoms with Crippen molar-refractivity contribution in [2.45, 2.75) is 51.5 Å². The minimum atomic E-state index is 0.572. The Labute approximate surface area is 127 Å². The summed E-state index contributed by atoms with van der Waals surface area (Å²) in [5, 5.41) is 7.61. The van der Waals surface area contributed by atoms with Gasteiger partial charge in [0.05, 0.1) is 0 Å². The van der Waals surface area contributed by atoms with Gasteiger partial charge < -0.3 is 10.6 Å². The highest BCUT2D eigenvalue weighted by Crippen LogP contribution is 2.44. The number of thiocarbonyl (C=S) groups is 1. The van der Waals surface area contributed by atoms with Gasteiger partial charge in [0.1, 0.15) is 0 Å². The molecule has 1 aromatic carbocycles. The lowest BCUT2D eigenvalue weighted by molar-refractivity contribution is 0.392. The van der Waals surface area contributed by atoms with Crippen LogP contribution in [0.2, 0.25) is 0 Å². The van der Waals surface area contributed by atoms with Gasteiger partial charge in [0, 0.05) is 11.7 Å². The van der Waals surface area contributed by atoms with Crippen LogP contribution >= 0.6 is 12.2 Å². The van der Waals surface area contributed by atoms with Crippen molar-refractivity contribution in [1.82, 2.24) is 5.32 Å². The lowest BCUT2D eigenvalue weighted by atomic mass is 9.95. The molecular weight excluding hydrogens is 264 g/mol. The van der Waals surface area contributed by atoms with Crippen molar-refractivity contribution in [2.24, 2.45) is 11.8 Å². The molecule has 2 fully saturated rings. The molecule has 2 aliphatic rings. The van der Waals surface area contributed by atoms with Gasteiger partial charge in [0.2, 0.25) is 0 Å². The first-order chi connectivity index (χ1) is 9.61. The quantitative estimate of drug-likeness (QED) is 0.812. The highest BCUT2D eigenvalue weighted by atomic mass is 32.1. The Kier molecular flexibility index (Phi) is 3.97. The molecule has 2 nitrogen and oxygen atoms in total. The molecule has 2 aliphatic carbocycles. The van der Waals surface area contributed by atoms with Crippen molar-refractivity contribution in [3.63, 3.8) is 0 Å². The number of fused-ring (bicyclic) bond motifs is 2. The fourth-order valence-corrected chi connectivity index (χ4v) is 3.98. The zero-order valence-electron chi connectivity index (χ0n) is 12.4. The first kappa shape index (κ1) is 13.9. The summed E-state index contributed by atoms with van der Waals surface area (Å²) in [6, 6.07) is 9.18. The molecule has 1 aromatic rings. The van der Waals surface area contributed by atoms with Crippen LogP contribution in [0.15, 0.2) is 24.3 Å². The van der Waals surface area contributed by atoms with Crippen LogP contribution in [-0.2, 0) is 0 Å². The van der Waals surface area contributed by atoms with Crippen LogP contribution in [0.5, 0.6) is 0 Å². The van der Waals surface area contributed by atoms with E-state index in [-0.39, 0.29) is 0 Å². The molecule has 0 radical (unpaired) electrons. The Morgan fingerprint density at radius 1 is 1.15 bits per heavy atom. The number of hydrogen-bond donors (Lipinski definition) is 2. The molecule has 0 saturated heterocycles. The van der Waals surface area contributed by atoms with E-state index in [1.54, 1.807) is 0 Å². The van der Waals surface area contributed by atoms with E-state index in [1.807, 2.05) is 0 Å². The number of benzene rings is 1. The molecule has 2 N–H and O–H groups in total. The van der Waals surface area contributed by atoms with Gasteiger partial charge in [-0.1, -0.05) is 32.4 Å². The van der Waals surface area contributed by atoms with Gasteiger partial charge in [0.25, 0.3) is 0 Å². The van der Waals surface area contributed by atoms with Crippen LogP contribution in [0.25, 0.3) is 0 Å². The van der Waals surface area contributed by atoms with E-state index in [4.69, 9.17) is 12.2 Å². The summed E-state index contributed by atoms with van der Waals surface area (Å²) in [4.78, 5) is 0. The molecule has 0 unspecified atom stereocenters. The van der Waals surface area contributed by atoms with Crippen LogP contribution in [0.3, 0.4) is 0 Å². The number of rotatable bonds is 3. The zero-order valence-corrected chi connectivity index (χ0v) is 13.2. The third-order valence-corrected chi connectivity index (χ3v) is 5.11. The van der Waals surface area contributed by atoms with E-state index in [0.29, 0.717) is 12.0 Å². The van der Waals surface area contributed by atoms with Gasteiger partial charge in [-0.2, -0.15) is 0 Å². The maximum atomic E-state index is 5.45. The average molecular weight is 288 g/mol. The predicted molar refractivity (Wildman–Crippen MR) is 89.1 cm³/mol. The highest BCUT2D eigenvalue weighted by Gasteiger charge is 2.39. The van der Waals surface area contributed by atoms with E-state index >= 15 is 0 Å². The first-order valence-electron chi connectivity index (χ1n) is 7.79. The standard InChI is InChI=1S/C17H24N2S/c1-11(2)13-5-7-15(8-6-13)18-17(20)19-16-10-12-3-4-14(16)9-12/h5-8,11-12,14,16H,3-4,9-10H2,1-2H3,(H2,18,19,20)/t12-,14-,16+/m1/s1. The zero-order chi connectivity index (χ0) is 14.1. The van der Waals surface area contributed by atoms with Gasteiger partial charge in [0.15, 0.2) is 5.11 Å². The van der Waals surface area contributed by atoms with Crippen molar-refractivity contribution in [3.05, 3.63) is 29.8 Å². The monoisotopic (exact) mass is 288 g/mol. The topological polar surface area (TPSA) is 24.1 Å². The molecule has 0 aliphatic heterocycles. The summed E-state index contributed by atoms with van der Waals surface area (Å²) in [6.45, 7) is 4.42. The van der Waals surface area contributed by atoms with E-state index in [0.717, 1.165) is 22.6 Å². The molecule has 2 saturated carbocycles. The Morgan fingerprint density at radius 3 is 2.45 bits per heavy atom. The molecule has 108 valence electrons. The lowest BCUT2D eigenvalue weighted by Gasteiger charge is -2.24. The van der Waals surface area contributed by atoms with E-state index in [2.05, 4.69) is 48.7 Å². The van der Waals surface area contributed by atoms with Gasteiger partial charge in [-0.25, -0.2) is 0 Å². The van der Waals surface area contributed by atoms with Crippen LogP contribution in [0.1, 0.15) is 51.0 Å². The van der Waals surface area contributed by atoms with E-state index in [9.17, 15) is 0 Å². The van der Waals surface area contributed by atoms with Crippen molar-refractivity contribution >= 4 is 23.0 Å². The number of anilines is 1. The molecule has 3 heteroatoms. The summed E-state index contributed by atoms with van der Waals surface area (Å²) >= 11 is 5.45. The maximum Gasteiger partial charge on any atom is 0.171 e. The highest BCUT2D eigenvalue weighted by molar-refractivity contribution is 7.80. The summed E-state index contributed by atoms with van der Waals surface area (Å²) in [6.07, 6.45) is 5.52. The van der Waals surface area contributed by atoms with E-state index < -0.39 is 0 Å². The summed E-state index contributed by atoms with van der Waals surface area (Å²) < 4.78 is 0. The summed E-state index contributed by atoms with van der Waals surface area (Å²) in [5.74, 6) is 2.37. The minimum Gasteiger partial charge on any atom is -0.359 e. The second kappa shape index (κ2) is 5.72. The molecule has 20 heavy (non-hydrogen) atoms. The molecule has 0 spiro atoms. The molecule has 3 rings (SSSR count). The second-order valence-electron chi connectivity index (χ2n) is 6.66. The van der Waals surface area contributed by atoms with Crippen LogP contribution < -0.4 is 10.6 Å². The van der Waals surface area contributed by atoms with Crippen molar-refractivity contribution in [1.29, 1.82) is 0 Å². The van der Waals surface area contributed by atoms with E-state index in [1.165, 1.54) is 31.2 Å². The van der Waals surface area contributed by atoms with Crippen molar-refractivity contribution in [3.8, 4) is 0 Å². The van der Waals surface area contributed by atoms with Crippen molar-refractivity contribution < 1.29 is 0 Å². The predicted octanol–water partition coefficient (Wildman–Crippen LogP) is 4.29. The molecular formula is C17H24N2S. The molecule has 3 atom stereocenters. The Bertz CT molecular complexity index is 480. The van der Waals surface area contributed by atoms with Gasteiger partial charge in [-0.05, 0) is 66.9 Å². The molecule has 0 amide bonds. The van der Waals surface area contributed by atoms with Gasteiger partial charge in [-0.3, -0.25) is 0 Å². The number of nitrogens with one attached hydrogen (secondary N) is 2. The summed E-state index contributed by atoms with van der Waals surface area (Å²) in [5.41, 5.74) is 2.44. The Balaban J connectivity index is 1.53. The Hall–Kier alpha value is -1.09. The molecule has 0 heterocycles. The van der Waals surface area contributed by atoms with Gasteiger partial charge in [-0.15, -0.1) is 0 Å². The van der Waals surface area contributed by atoms with Crippen LogP contribution in [-0.4, -0.2) is 11.2 Å². The second-order valence-corrected chi connectivity index (χ2v) is 7.06. The molecule has 2 bridgehead atoms. The van der Waals surface area contributed by atoms with Crippen molar-refractivity contribution in [2.75, 3.05) is 5.32 Å². The third kappa shape index (κ3) is 2.98. The number of hydrogen-bond acceptors (Lipinski definition) is 1. The van der Waals surface area contributed by atoms with Gasteiger partial charge >= 0.3 is 0 Å². The largest absolute Gasteiger partial charge is 0.359 e. The van der Waals surface area contributed by atoms with Crippen LogP contribution in [0.4, 0.5) is 5.69 Å². The third-order valence-electron chi connectivity index (χ3n) is 4.89. The normalized spacial score (nSPS) is 27.9.